The second-order valence-electron chi connectivity index (χ2n) is 5.01. The number of para-hydroxylation sites is 1. The predicted molar refractivity (Wildman–Crippen MR) is 75.3 cm³/mol. The molecule has 1 aromatic carbocycles. The maximum Gasteiger partial charge on any atom is 0.257 e. The van der Waals surface area contributed by atoms with Gasteiger partial charge < -0.3 is 15.3 Å². The summed E-state index contributed by atoms with van der Waals surface area (Å²) in [5.41, 5.74) is 0.389. The molecule has 1 aliphatic heterocycles. The van der Waals surface area contributed by atoms with Crippen LogP contribution in [-0.4, -0.2) is 41.6 Å². The Labute approximate surface area is 114 Å². The van der Waals surface area contributed by atoms with Gasteiger partial charge in [0, 0.05) is 19.1 Å². The number of phenolic OH excluding ortho intramolecular Hbond substituents is 1. The van der Waals surface area contributed by atoms with Gasteiger partial charge in [0.1, 0.15) is 5.75 Å². The minimum absolute atomic E-state index is 0.0579. The number of phenols is 1. The molecule has 19 heavy (non-hydrogen) atoms. The first kappa shape index (κ1) is 13.9. The highest BCUT2D eigenvalue weighted by Gasteiger charge is 2.21. The van der Waals surface area contributed by atoms with Crippen LogP contribution in [0.5, 0.6) is 5.75 Å². The van der Waals surface area contributed by atoms with E-state index < -0.39 is 0 Å². The molecule has 0 aromatic heterocycles. The van der Waals surface area contributed by atoms with Crippen molar-refractivity contribution >= 4 is 5.91 Å². The van der Waals surface area contributed by atoms with E-state index in [-0.39, 0.29) is 11.7 Å². The minimum atomic E-state index is -0.0898. The number of rotatable bonds is 4. The van der Waals surface area contributed by atoms with E-state index >= 15 is 0 Å². The molecule has 4 heteroatoms. The highest BCUT2D eigenvalue weighted by atomic mass is 16.3. The Morgan fingerprint density at radius 2 is 2.21 bits per heavy atom. The highest BCUT2D eigenvalue weighted by molar-refractivity contribution is 5.96. The van der Waals surface area contributed by atoms with Crippen molar-refractivity contribution in [2.24, 2.45) is 0 Å². The van der Waals surface area contributed by atoms with Crippen LogP contribution < -0.4 is 5.32 Å². The summed E-state index contributed by atoms with van der Waals surface area (Å²) < 4.78 is 0. The number of nitrogens with zero attached hydrogens (tertiary/aromatic N) is 1. The SMILES string of the molecule is CCN(CC1CCCCN1)C(=O)c1ccccc1O. The van der Waals surface area contributed by atoms with Crippen LogP contribution in [0.1, 0.15) is 36.5 Å². The van der Waals surface area contributed by atoms with Crippen LogP contribution in [-0.2, 0) is 0 Å². The van der Waals surface area contributed by atoms with Crippen LogP contribution in [0.3, 0.4) is 0 Å². The summed E-state index contributed by atoms with van der Waals surface area (Å²) in [6.45, 7) is 4.38. The van der Waals surface area contributed by atoms with Crippen molar-refractivity contribution < 1.29 is 9.90 Å². The van der Waals surface area contributed by atoms with E-state index in [2.05, 4.69) is 5.32 Å². The van der Waals surface area contributed by atoms with E-state index in [9.17, 15) is 9.90 Å². The molecule has 0 bridgehead atoms. The van der Waals surface area contributed by atoms with Crippen molar-refractivity contribution in [2.45, 2.75) is 32.2 Å². The molecule has 1 heterocycles. The van der Waals surface area contributed by atoms with E-state index in [0.717, 1.165) is 13.0 Å². The fourth-order valence-electron chi connectivity index (χ4n) is 2.53. The van der Waals surface area contributed by atoms with Crippen molar-refractivity contribution in [3.8, 4) is 5.75 Å². The summed E-state index contributed by atoms with van der Waals surface area (Å²) in [5.74, 6) is -0.0319. The van der Waals surface area contributed by atoms with Crippen molar-refractivity contribution in [2.75, 3.05) is 19.6 Å². The number of likely N-dealkylation sites (N-methyl/N-ethyl adjacent to an activating group) is 1. The van der Waals surface area contributed by atoms with Crippen molar-refractivity contribution in [1.82, 2.24) is 10.2 Å². The van der Waals surface area contributed by atoms with E-state index in [4.69, 9.17) is 0 Å². The van der Waals surface area contributed by atoms with E-state index in [1.165, 1.54) is 12.8 Å². The Morgan fingerprint density at radius 1 is 1.42 bits per heavy atom. The Bertz CT molecular complexity index is 428. The average Bonchev–Trinajstić information content (AvgIpc) is 2.46. The number of hydrogen-bond acceptors (Lipinski definition) is 3. The Kier molecular flexibility index (Phi) is 4.80. The number of hydrogen-bond donors (Lipinski definition) is 2. The number of benzene rings is 1. The van der Waals surface area contributed by atoms with Crippen LogP contribution >= 0.6 is 0 Å². The normalized spacial score (nSPS) is 19.1. The maximum absolute atomic E-state index is 12.4. The van der Waals surface area contributed by atoms with Crippen molar-refractivity contribution in [3.63, 3.8) is 0 Å². The lowest BCUT2D eigenvalue weighted by Crippen LogP contribution is -2.45. The van der Waals surface area contributed by atoms with Crippen molar-refractivity contribution in [3.05, 3.63) is 29.8 Å². The Balaban J connectivity index is 2.04. The van der Waals surface area contributed by atoms with Crippen LogP contribution in [0.25, 0.3) is 0 Å². The summed E-state index contributed by atoms with van der Waals surface area (Å²) in [7, 11) is 0. The smallest absolute Gasteiger partial charge is 0.257 e. The number of aromatic hydroxyl groups is 1. The molecule has 1 atom stereocenters. The highest BCUT2D eigenvalue weighted by Crippen LogP contribution is 2.18. The molecular formula is C15H22N2O2. The Morgan fingerprint density at radius 3 is 2.84 bits per heavy atom. The third-order valence-corrected chi connectivity index (χ3v) is 3.66. The van der Waals surface area contributed by atoms with Gasteiger partial charge in [0.05, 0.1) is 5.56 Å². The van der Waals surface area contributed by atoms with Gasteiger partial charge in [-0.3, -0.25) is 4.79 Å². The van der Waals surface area contributed by atoms with Gasteiger partial charge in [0.25, 0.3) is 5.91 Å². The quantitative estimate of drug-likeness (QED) is 0.872. The molecule has 0 saturated carbocycles. The summed E-state index contributed by atoms with van der Waals surface area (Å²) in [4.78, 5) is 14.2. The van der Waals surface area contributed by atoms with E-state index in [1.54, 1.807) is 29.2 Å². The lowest BCUT2D eigenvalue weighted by Gasteiger charge is -2.30. The van der Waals surface area contributed by atoms with Crippen LogP contribution in [0, 0.1) is 0 Å². The first-order chi connectivity index (χ1) is 9.22. The molecule has 1 saturated heterocycles. The van der Waals surface area contributed by atoms with Crippen LogP contribution in [0.15, 0.2) is 24.3 Å². The molecular weight excluding hydrogens is 240 g/mol. The first-order valence-corrected chi connectivity index (χ1v) is 7.03. The van der Waals surface area contributed by atoms with Gasteiger partial charge in [0.15, 0.2) is 0 Å². The lowest BCUT2D eigenvalue weighted by atomic mass is 10.0. The van der Waals surface area contributed by atoms with Gasteiger partial charge in [-0.1, -0.05) is 18.6 Å². The summed E-state index contributed by atoms with van der Waals surface area (Å²) in [6, 6.07) is 7.11. The second-order valence-corrected chi connectivity index (χ2v) is 5.01. The van der Waals surface area contributed by atoms with Gasteiger partial charge in [0.2, 0.25) is 0 Å². The Hall–Kier alpha value is -1.55. The van der Waals surface area contributed by atoms with Gasteiger partial charge in [-0.05, 0) is 38.4 Å². The number of carbonyl (C=O) groups excluding carboxylic acids is 1. The zero-order chi connectivity index (χ0) is 13.7. The second kappa shape index (κ2) is 6.57. The molecule has 2 N–H and O–H groups in total. The predicted octanol–water partition coefficient (Wildman–Crippen LogP) is 2.00. The van der Waals surface area contributed by atoms with Gasteiger partial charge in [-0.25, -0.2) is 0 Å². The zero-order valence-corrected chi connectivity index (χ0v) is 11.4. The summed E-state index contributed by atoms with van der Waals surface area (Å²) >= 11 is 0. The fourth-order valence-corrected chi connectivity index (χ4v) is 2.53. The molecule has 104 valence electrons. The molecule has 0 aliphatic carbocycles. The molecule has 1 unspecified atom stereocenters. The average molecular weight is 262 g/mol. The third-order valence-electron chi connectivity index (χ3n) is 3.66. The number of nitrogens with one attached hydrogen (secondary N) is 1. The minimum Gasteiger partial charge on any atom is -0.507 e. The van der Waals surface area contributed by atoms with E-state index in [1.807, 2.05) is 6.92 Å². The topological polar surface area (TPSA) is 52.6 Å². The third kappa shape index (κ3) is 3.47. The molecule has 0 spiro atoms. The lowest BCUT2D eigenvalue weighted by molar-refractivity contribution is 0.0738. The molecule has 4 nitrogen and oxygen atoms in total. The molecule has 1 aliphatic rings. The van der Waals surface area contributed by atoms with E-state index in [0.29, 0.717) is 24.7 Å². The monoisotopic (exact) mass is 262 g/mol. The van der Waals surface area contributed by atoms with Crippen LogP contribution in [0.4, 0.5) is 0 Å². The summed E-state index contributed by atoms with van der Waals surface area (Å²) in [6.07, 6.45) is 3.56. The summed E-state index contributed by atoms with van der Waals surface area (Å²) in [5, 5.41) is 13.2. The first-order valence-electron chi connectivity index (χ1n) is 7.03. The largest absolute Gasteiger partial charge is 0.507 e. The fraction of sp³-hybridized carbons (Fsp3) is 0.533. The molecule has 1 aromatic rings. The molecule has 2 rings (SSSR count). The molecule has 1 fully saturated rings. The van der Waals surface area contributed by atoms with Crippen LogP contribution in [0.2, 0.25) is 0 Å². The van der Waals surface area contributed by atoms with Crippen molar-refractivity contribution in [1.29, 1.82) is 0 Å². The van der Waals surface area contributed by atoms with Gasteiger partial charge in [-0.2, -0.15) is 0 Å². The maximum atomic E-state index is 12.4. The molecule has 0 radical (unpaired) electrons. The van der Waals surface area contributed by atoms with Gasteiger partial charge in [-0.15, -0.1) is 0 Å². The van der Waals surface area contributed by atoms with Gasteiger partial charge >= 0.3 is 0 Å². The zero-order valence-electron chi connectivity index (χ0n) is 11.4. The standard InChI is InChI=1S/C15H22N2O2/c1-2-17(11-12-7-5-6-10-16-12)15(19)13-8-3-4-9-14(13)18/h3-4,8-9,12,16,18H,2,5-7,10-11H2,1H3. The number of amides is 1. The molecule has 1 amide bonds. The number of carbonyl (C=O) groups is 1. The number of piperidine rings is 1.